The minimum absolute atomic E-state index is 0.00315. The van der Waals surface area contributed by atoms with Crippen molar-refractivity contribution in [3.8, 4) is 11.3 Å². The largest absolute Gasteiger partial charge is 0.450 e. The summed E-state index contributed by atoms with van der Waals surface area (Å²) in [5.74, 6) is -3.77. The molecule has 1 amide bonds. The molecule has 0 saturated heterocycles. The van der Waals surface area contributed by atoms with Gasteiger partial charge in [0.15, 0.2) is 18.2 Å². The number of halogens is 2. The van der Waals surface area contributed by atoms with Crippen molar-refractivity contribution in [2.75, 3.05) is 11.9 Å². The molecule has 3 aromatic rings. The number of furan rings is 1. The van der Waals surface area contributed by atoms with E-state index in [2.05, 4.69) is 5.32 Å². The fraction of sp³-hybridized carbons (Fsp3) is 0.0526. The summed E-state index contributed by atoms with van der Waals surface area (Å²) in [5.41, 5.74) is 0.418. The van der Waals surface area contributed by atoms with Gasteiger partial charge in [0.25, 0.3) is 11.6 Å². The summed E-state index contributed by atoms with van der Waals surface area (Å²) in [5, 5.41) is 12.9. The van der Waals surface area contributed by atoms with Gasteiger partial charge in [-0.15, -0.1) is 0 Å². The van der Waals surface area contributed by atoms with Crippen molar-refractivity contribution in [3.63, 3.8) is 0 Å². The van der Waals surface area contributed by atoms with Gasteiger partial charge in [0.05, 0.1) is 4.92 Å². The van der Waals surface area contributed by atoms with Crippen LogP contribution in [0.15, 0.2) is 59.0 Å². The Morgan fingerprint density at radius 3 is 2.41 bits per heavy atom. The predicted molar refractivity (Wildman–Crippen MR) is 96.1 cm³/mol. The summed E-state index contributed by atoms with van der Waals surface area (Å²) in [6.07, 6.45) is 0. The lowest BCUT2D eigenvalue weighted by Crippen LogP contribution is -2.20. The molecule has 0 bridgehead atoms. The van der Waals surface area contributed by atoms with Crippen molar-refractivity contribution in [1.82, 2.24) is 0 Å². The number of nitro groups is 1. The van der Waals surface area contributed by atoms with Crippen LogP contribution in [0.5, 0.6) is 0 Å². The van der Waals surface area contributed by atoms with E-state index in [0.29, 0.717) is 5.56 Å². The van der Waals surface area contributed by atoms with Crippen LogP contribution in [0.2, 0.25) is 0 Å². The predicted octanol–water partition coefficient (Wildman–Crippen LogP) is 3.93. The molecule has 0 aliphatic heterocycles. The lowest BCUT2D eigenvalue weighted by Gasteiger charge is -2.06. The van der Waals surface area contributed by atoms with Gasteiger partial charge in [0, 0.05) is 29.4 Å². The van der Waals surface area contributed by atoms with Crippen LogP contribution in [0.4, 0.5) is 20.2 Å². The minimum Gasteiger partial charge on any atom is -0.450 e. The van der Waals surface area contributed by atoms with Gasteiger partial charge in [-0.05, 0) is 36.4 Å². The highest BCUT2D eigenvalue weighted by molar-refractivity contribution is 5.94. The molecule has 0 saturated carbocycles. The molecule has 3 rings (SSSR count). The number of nitrogens with one attached hydrogen (secondary N) is 1. The molecule has 2 aromatic carbocycles. The number of benzene rings is 2. The fourth-order valence-corrected chi connectivity index (χ4v) is 2.32. The van der Waals surface area contributed by atoms with Crippen molar-refractivity contribution < 1.29 is 32.4 Å². The molecule has 148 valence electrons. The summed E-state index contributed by atoms with van der Waals surface area (Å²) in [4.78, 5) is 33.9. The summed E-state index contributed by atoms with van der Waals surface area (Å²) in [7, 11) is 0. The Balaban J connectivity index is 1.57. The average Bonchev–Trinajstić information content (AvgIpc) is 3.19. The quantitative estimate of drug-likeness (QED) is 0.380. The number of non-ortho nitro benzene ring substituents is 1. The van der Waals surface area contributed by atoms with Crippen LogP contribution >= 0.6 is 0 Å². The third-order valence-electron chi connectivity index (χ3n) is 3.71. The van der Waals surface area contributed by atoms with E-state index >= 15 is 0 Å². The summed E-state index contributed by atoms with van der Waals surface area (Å²) in [6, 6.07) is 11.1. The number of carbonyl (C=O) groups excluding carboxylic acids is 2. The Morgan fingerprint density at radius 1 is 1.03 bits per heavy atom. The third-order valence-corrected chi connectivity index (χ3v) is 3.71. The number of carbonyl (C=O) groups is 2. The van der Waals surface area contributed by atoms with Crippen LogP contribution in [0, 0.1) is 21.7 Å². The number of nitro benzene ring substituents is 1. The molecular formula is C19H12F2N2O6. The van der Waals surface area contributed by atoms with Crippen LogP contribution in [0.25, 0.3) is 11.3 Å². The van der Waals surface area contributed by atoms with Crippen LogP contribution in [0.3, 0.4) is 0 Å². The van der Waals surface area contributed by atoms with E-state index in [9.17, 15) is 28.5 Å². The maximum atomic E-state index is 13.1. The minimum atomic E-state index is -1.13. The summed E-state index contributed by atoms with van der Waals surface area (Å²) >= 11 is 0. The number of ether oxygens (including phenoxy) is 1. The molecule has 0 radical (unpaired) electrons. The van der Waals surface area contributed by atoms with Gasteiger partial charge in [0.2, 0.25) is 5.76 Å². The van der Waals surface area contributed by atoms with Gasteiger partial charge in [-0.3, -0.25) is 14.9 Å². The van der Waals surface area contributed by atoms with Crippen molar-refractivity contribution in [3.05, 3.63) is 82.1 Å². The van der Waals surface area contributed by atoms with Crippen LogP contribution in [0.1, 0.15) is 10.6 Å². The molecule has 0 spiro atoms. The van der Waals surface area contributed by atoms with Gasteiger partial charge in [-0.25, -0.2) is 13.6 Å². The first kappa shape index (κ1) is 19.7. The molecular weight excluding hydrogens is 390 g/mol. The van der Waals surface area contributed by atoms with Gasteiger partial charge >= 0.3 is 5.97 Å². The first-order valence-corrected chi connectivity index (χ1v) is 8.10. The molecule has 0 aliphatic rings. The SMILES string of the molecule is O=C(COC(=O)c1ccc(-c2ccc([N+](=O)[O-])cc2)o1)Nc1ccc(F)c(F)c1. The van der Waals surface area contributed by atoms with Crippen molar-refractivity contribution in [2.24, 2.45) is 0 Å². The lowest BCUT2D eigenvalue weighted by atomic mass is 10.1. The van der Waals surface area contributed by atoms with Gasteiger partial charge in [-0.2, -0.15) is 0 Å². The number of esters is 1. The lowest BCUT2D eigenvalue weighted by molar-refractivity contribution is -0.384. The molecule has 0 fully saturated rings. The highest BCUT2D eigenvalue weighted by Crippen LogP contribution is 2.24. The maximum Gasteiger partial charge on any atom is 0.374 e. The van der Waals surface area contributed by atoms with E-state index < -0.39 is 35.0 Å². The van der Waals surface area contributed by atoms with Crippen LogP contribution in [-0.2, 0) is 9.53 Å². The fourth-order valence-electron chi connectivity index (χ4n) is 2.32. The molecule has 10 heteroatoms. The monoisotopic (exact) mass is 402 g/mol. The smallest absolute Gasteiger partial charge is 0.374 e. The molecule has 1 N–H and O–H groups in total. The standard InChI is InChI=1S/C19H12F2N2O6/c20-14-6-3-12(9-15(14)21)22-18(24)10-28-19(25)17-8-7-16(29-17)11-1-4-13(5-2-11)23(26)27/h1-9H,10H2,(H,22,24). The van der Waals surface area contributed by atoms with Crippen molar-refractivity contribution in [1.29, 1.82) is 0 Å². The number of rotatable bonds is 6. The van der Waals surface area contributed by atoms with Crippen molar-refractivity contribution >= 4 is 23.3 Å². The Morgan fingerprint density at radius 2 is 1.76 bits per heavy atom. The second-order valence-electron chi connectivity index (χ2n) is 5.72. The Kier molecular flexibility index (Phi) is 5.63. The third kappa shape index (κ3) is 4.80. The van der Waals surface area contributed by atoms with E-state index in [-0.39, 0.29) is 22.9 Å². The molecule has 1 heterocycles. The number of hydrogen-bond donors (Lipinski definition) is 1. The molecule has 29 heavy (non-hydrogen) atoms. The van der Waals surface area contributed by atoms with Gasteiger partial charge < -0.3 is 14.5 Å². The maximum absolute atomic E-state index is 13.1. The topological polar surface area (TPSA) is 112 Å². The van der Waals surface area contributed by atoms with Crippen LogP contribution < -0.4 is 5.32 Å². The first-order valence-electron chi connectivity index (χ1n) is 8.10. The van der Waals surface area contributed by atoms with E-state index in [1.54, 1.807) is 0 Å². The summed E-state index contributed by atoms with van der Waals surface area (Å²) in [6.45, 7) is -0.675. The molecule has 1 aromatic heterocycles. The Bertz CT molecular complexity index is 1080. The highest BCUT2D eigenvalue weighted by atomic mass is 19.2. The number of nitrogens with zero attached hydrogens (tertiary/aromatic N) is 1. The zero-order valence-electron chi connectivity index (χ0n) is 14.6. The number of anilines is 1. The molecule has 0 aliphatic carbocycles. The van der Waals surface area contributed by atoms with Crippen LogP contribution in [-0.4, -0.2) is 23.4 Å². The van der Waals surface area contributed by atoms with Gasteiger partial charge in [0.1, 0.15) is 5.76 Å². The number of amides is 1. The summed E-state index contributed by atoms with van der Waals surface area (Å²) < 4.78 is 36.1. The second-order valence-corrected chi connectivity index (χ2v) is 5.72. The van der Waals surface area contributed by atoms with Gasteiger partial charge in [-0.1, -0.05) is 0 Å². The molecule has 0 atom stereocenters. The molecule has 0 unspecified atom stereocenters. The van der Waals surface area contributed by atoms with E-state index in [1.807, 2.05) is 0 Å². The zero-order chi connectivity index (χ0) is 21.0. The first-order chi connectivity index (χ1) is 13.8. The highest BCUT2D eigenvalue weighted by Gasteiger charge is 2.16. The average molecular weight is 402 g/mol. The van der Waals surface area contributed by atoms with E-state index in [4.69, 9.17) is 9.15 Å². The second kappa shape index (κ2) is 8.30. The van der Waals surface area contributed by atoms with Crippen molar-refractivity contribution in [2.45, 2.75) is 0 Å². The van der Waals surface area contributed by atoms with E-state index in [0.717, 1.165) is 18.2 Å². The number of hydrogen-bond acceptors (Lipinski definition) is 6. The Hall–Kier alpha value is -4.08. The normalized spacial score (nSPS) is 10.4. The Labute approximate surface area is 161 Å². The molecule has 8 nitrogen and oxygen atoms in total. The zero-order valence-corrected chi connectivity index (χ0v) is 14.6. The van der Waals surface area contributed by atoms with E-state index in [1.165, 1.54) is 36.4 Å².